The zero-order chi connectivity index (χ0) is 12.1. The monoisotopic (exact) mass is 260 g/mol. The van der Waals surface area contributed by atoms with Crippen molar-refractivity contribution < 1.29 is 14.3 Å². The highest BCUT2D eigenvalue weighted by Crippen LogP contribution is 2.25. The molecule has 0 N–H and O–H groups in total. The SMILES string of the molecule is COc1ccc([C@H](CC(=O)Cl)C(=O)Cl)cc1. The van der Waals surface area contributed by atoms with Crippen LogP contribution in [0.4, 0.5) is 0 Å². The highest BCUT2D eigenvalue weighted by Gasteiger charge is 2.21. The van der Waals surface area contributed by atoms with E-state index >= 15 is 0 Å². The molecular formula is C11H10Cl2O3. The van der Waals surface area contributed by atoms with Gasteiger partial charge >= 0.3 is 0 Å². The fourth-order valence-electron chi connectivity index (χ4n) is 1.33. The first-order chi connectivity index (χ1) is 7.54. The molecule has 0 heterocycles. The van der Waals surface area contributed by atoms with Crippen LogP contribution in [-0.4, -0.2) is 17.6 Å². The molecule has 0 aliphatic heterocycles. The van der Waals surface area contributed by atoms with Crippen molar-refractivity contribution in [3.63, 3.8) is 0 Å². The summed E-state index contributed by atoms with van der Waals surface area (Å²) in [5.41, 5.74) is 0.648. The number of hydrogen-bond acceptors (Lipinski definition) is 3. The zero-order valence-corrected chi connectivity index (χ0v) is 10.1. The predicted molar refractivity (Wildman–Crippen MR) is 62.1 cm³/mol. The average molecular weight is 261 g/mol. The van der Waals surface area contributed by atoms with E-state index < -0.39 is 16.4 Å². The number of rotatable bonds is 5. The second-order valence-corrected chi connectivity index (χ2v) is 3.98. The smallest absolute Gasteiger partial charge is 0.229 e. The molecule has 3 nitrogen and oxygen atoms in total. The van der Waals surface area contributed by atoms with Crippen LogP contribution in [0.15, 0.2) is 24.3 Å². The maximum absolute atomic E-state index is 11.2. The number of carbonyl (C=O) groups excluding carboxylic acids is 2. The minimum Gasteiger partial charge on any atom is -0.497 e. The van der Waals surface area contributed by atoms with Crippen LogP contribution in [0, 0.1) is 0 Å². The zero-order valence-electron chi connectivity index (χ0n) is 8.57. The van der Waals surface area contributed by atoms with Crippen molar-refractivity contribution in [3.8, 4) is 5.75 Å². The minimum absolute atomic E-state index is 0.101. The molecule has 5 heteroatoms. The summed E-state index contributed by atoms with van der Waals surface area (Å²) in [7, 11) is 1.54. The van der Waals surface area contributed by atoms with Gasteiger partial charge in [0.2, 0.25) is 10.5 Å². The van der Waals surface area contributed by atoms with Crippen molar-refractivity contribution in [3.05, 3.63) is 29.8 Å². The summed E-state index contributed by atoms with van der Waals surface area (Å²) in [6.07, 6.45) is -0.101. The molecule has 1 aromatic rings. The van der Waals surface area contributed by atoms with Crippen molar-refractivity contribution in [1.29, 1.82) is 0 Å². The van der Waals surface area contributed by atoms with E-state index in [1.54, 1.807) is 31.4 Å². The van der Waals surface area contributed by atoms with Crippen LogP contribution in [0.1, 0.15) is 17.9 Å². The van der Waals surface area contributed by atoms with Crippen LogP contribution in [0.3, 0.4) is 0 Å². The first kappa shape index (κ1) is 13.0. The quantitative estimate of drug-likeness (QED) is 0.765. The Morgan fingerprint density at radius 2 is 1.81 bits per heavy atom. The van der Waals surface area contributed by atoms with E-state index in [1.807, 2.05) is 0 Å². The summed E-state index contributed by atoms with van der Waals surface area (Å²) in [4.78, 5) is 21.9. The third-order valence-corrected chi connectivity index (χ3v) is 2.57. The maximum atomic E-state index is 11.2. The molecular weight excluding hydrogens is 251 g/mol. The van der Waals surface area contributed by atoms with Gasteiger partial charge < -0.3 is 4.74 Å². The molecule has 0 aromatic heterocycles. The largest absolute Gasteiger partial charge is 0.497 e. The topological polar surface area (TPSA) is 43.4 Å². The Morgan fingerprint density at radius 3 is 2.19 bits per heavy atom. The van der Waals surface area contributed by atoms with Gasteiger partial charge in [-0.3, -0.25) is 9.59 Å². The molecule has 0 unspecified atom stereocenters. The third kappa shape index (κ3) is 3.51. The molecule has 0 amide bonds. The average Bonchev–Trinajstić information content (AvgIpc) is 2.25. The fourth-order valence-corrected chi connectivity index (χ4v) is 1.68. The lowest BCUT2D eigenvalue weighted by Crippen LogP contribution is -2.09. The minimum atomic E-state index is -0.697. The van der Waals surface area contributed by atoms with Gasteiger partial charge in [-0.1, -0.05) is 12.1 Å². The lowest BCUT2D eigenvalue weighted by atomic mass is 9.97. The Balaban J connectivity index is 2.92. The first-order valence-electron chi connectivity index (χ1n) is 4.56. The van der Waals surface area contributed by atoms with Crippen LogP contribution in [-0.2, 0) is 9.59 Å². The molecule has 0 bridgehead atoms. The van der Waals surface area contributed by atoms with E-state index in [9.17, 15) is 9.59 Å². The van der Waals surface area contributed by atoms with Gasteiger partial charge in [-0.2, -0.15) is 0 Å². The molecule has 86 valence electrons. The van der Waals surface area contributed by atoms with E-state index in [0.29, 0.717) is 11.3 Å². The van der Waals surface area contributed by atoms with E-state index in [2.05, 4.69) is 0 Å². The van der Waals surface area contributed by atoms with Gasteiger partial charge in [0.1, 0.15) is 5.75 Å². The molecule has 0 radical (unpaired) electrons. The van der Waals surface area contributed by atoms with Gasteiger partial charge in [0.05, 0.1) is 13.0 Å². The Kier molecular flexibility index (Phi) is 4.77. The van der Waals surface area contributed by atoms with Crippen molar-refractivity contribution in [2.75, 3.05) is 7.11 Å². The van der Waals surface area contributed by atoms with Crippen molar-refractivity contribution in [1.82, 2.24) is 0 Å². The van der Waals surface area contributed by atoms with Gasteiger partial charge in [-0.15, -0.1) is 0 Å². The first-order valence-corrected chi connectivity index (χ1v) is 5.32. The maximum Gasteiger partial charge on any atom is 0.229 e. The lowest BCUT2D eigenvalue weighted by molar-refractivity contribution is -0.117. The molecule has 16 heavy (non-hydrogen) atoms. The van der Waals surface area contributed by atoms with E-state index in [-0.39, 0.29) is 6.42 Å². The third-order valence-electron chi connectivity index (χ3n) is 2.16. The molecule has 0 spiro atoms. The highest BCUT2D eigenvalue weighted by atomic mass is 35.5. The van der Waals surface area contributed by atoms with Crippen LogP contribution in [0.25, 0.3) is 0 Å². The Morgan fingerprint density at radius 1 is 1.25 bits per heavy atom. The summed E-state index contributed by atoms with van der Waals surface area (Å²) in [5, 5.41) is -1.19. The number of hydrogen-bond donors (Lipinski definition) is 0. The summed E-state index contributed by atoms with van der Waals surface area (Å²) in [6, 6.07) is 6.76. The van der Waals surface area contributed by atoms with E-state index in [1.165, 1.54) is 0 Å². The molecule has 0 aliphatic rings. The molecule has 0 aliphatic carbocycles. The van der Waals surface area contributed by atoms with Crippen molar-refractivity contribution in [2.45, 2.75) is 12.3 Å². The Labute approximate surface area is 103 Å². The lowest BCUT2D eigenvalue weighted by Gasteiger charge is -2.10. The summed E-state index contributed by atoms with van der Waals surface area (Å²) in [6.45, 7) is 0. The van der Waals surface area contributed by atoms with Gasteiger partial charge in [-0.05, 0) is 40.9 Å². The van der Waals surface area contributed by atoms with Crippen LogP contribution < -0.4 is 4.74 Å². The number of carbonyl (C=O) groups is 2. The number of benzene rings is 1. The van der Waals surface area contributed by atoms with Gasteiger partial charge in [-0.25, -0.2) is 0 Å². The van der Waals surface area contributed by atoms with Crippen LogP contribution in [0.2, 0.25) is 0 Å². The van der Waals surface area contributed by atoms with Crippen molar-refractivity contribution >= 4 is 33.7 Å². The normalized spacial score (nSPS) is 11.9. The van der Waals surface area contributed by atoms with E-state index in [4.69, 9.17) is 27.9 Å². The summed E-state index contributed by atoms with van der Waals surface area (Å²) >= 11 is 10.7. The predicted octanol–water partition coefficient (Wildman–Crippen LogP) is 2.70. The van der Waals surface area contributed by atoms with Crippen LogP contribution in [0.5, 0.6) is 5.75 Å². The molecule has 1 rings (SSSR count). The standard InChI is InChI=1S/C11H10Cl2O3/c1-16-8-4-2-7(3-5-8)9(11(13)15)6-10(12)14/h2-5,9H,6H2,1H3/t9-/m0/s1. The molecule has 1 atom stereocenters. The second-order valence-electron chi connectivity index (χ2n) is 3.19. The summed E-state index contributed by atoms with van der Waals surface area (Å²) < 4.78 is 4.98. The van der Waals surface area contributed by atoms with E-state index in [0.717, 1.165) is 0 Å². The molecule has 1 aromatic carbocycles. The number of methoxy groups -OCH3 is 1. The Bertz CT molecular complexity index is 387. The van der Waals surface area contributed by atoms with Crippen molar-refractivity contribution in [2.24, 2.45) is 0 Å². The van der Waals surface area contributed by atoms with Gasteiger partial charge in [0.25, 0.3) is 0 Å². The molecule has 0 saturated heterocycles. The second kappa shape index (κ2) is 5.87. The fraction of sp³-hybridized carbons (Fsp3) is 0.273. The molecule has 0 fully saturated rings. The Hall–Kier alpha value is -1.06. The number of halogens is 2. The molecule has 0 saturated carbocycles. The van der Waals surface area contributed by atoms with Gasteiger partial charge in [0.15, 0.2) is 0 Å². The number of ether oxygens (including phenoxy) is 1. The van der Waals surface area contributed by atoms with Crippen LogP contribution >= 0.6 is 23.2 Å². The van der Waals surface area contributed by atoms with Gasteiger partial charge in [0, 0.05) is 6.42 Å². The summed E-state index contributed by atoms with van der Waals surface area (Å²) in [5.74, 6) is -0.0284. The highest BCUT2D eigenvalue weighted by molar-refractivity contribution is 6.67.